The Balaban J connectivity index is 0.000000442. The molecule has 2 aliphatic rings. The number of nitrogen functional groups attached to an aromatic ring is 1. The minimum absolute atomic E-state index is 0. The third kappa shape index (κ3) is 26.0. The number of ketones is 2. The number of carbonyl (C=O) groups excluding carboxylic acids is 2. The molecule has 2 heterocycles. The molecule has 104 heavy (non-hydrogen) atoms. The van der Waals surface area contributed by atoms with Crippen molar-refractivity contribution >= 4 is 102 Å². The van der Waals surface area contributed by atoms with E-state index >= 15 is 0 Å². The van der Waals surface area contributed by atoms with E-state index in [-0.39, 0.29) is 100 Å². The van der Waals surface area contributed by atoms with Gasteiger partial charge in [-0.05, 0) is 156 Å². The monoisotopic (exact) mass is 1530 g/mol. The van der Waals surface area contributed by atoms with Gasteiger partial charge in [-0.2, -0.15) is 4.40 Å². The number of non-ortho nitro benzene ring substituents is 4. The highest BCUT2D eigenvalue weighted by molar-refractivity contribution is 8.17. The van der Waals surface area contributed by atoms with Crippen LogP contribution in [0.4, 0.5) is 50.4 Å². The topological polar surface area (TPSA) is 394 Å². The molecule has 24 nitrogen and oxygen atoms in total. The summed E-state index contributed by atoms with van der Waals surface area (Å²) in [5, 5.41) is 44.1. The number of benzene rings is 5. The highest BCUT2D eigenvalue weighted by Crippen LogP contribution is 2.46. The molecule has 0 radical (unpaired) electrons. The van der Waals surface area contributed by atoms with Gasteiger partial charge in [-0.3, -0.25) is 60.0 Å². The molecule has 0 aromatic heterocycles. The summed E-state index contributed by atoms with van der Waals surface area (Å²) in [7, 11) is -3.14. The zero-order chi connectivity index (χ0) is 79.2. The number of thioether (sulfide) groups is 2. The number of Topliss-reactive ketones (excluding diaryl/α,β-unsaturated/α-hetero) is 2. The average Bonchev–Trinajstić information content (AvgIpc) is 0.780. The van der Waals surface area contributed by atoms with Crippen LogP contribution in [0.3, 0.4) is 0 Å². The molecule has 0 unspecified atom stereocenters. The third-order valence-electron chi connectivity index (χ3n) is 15.7. The van der Waals surface area contributed by atoms with Crippen LogP contribution in [0.1, 0.15) is 192 Å². The molecule has 0 aliphatic carbocycles. The first kappa shape index (κ1) is 91.6. The second-order valence-electron chi connectivity index (χ2n) is 28.1. The summed E-state index contributed by atoms with van der Waals surface area (Å²) >= 11 is 2.81. The molecule has 0 bridgehead atoms. The maximum Gasteiger partial charge on any atom is 0.270 e. The highest BCUT2D eigenvalue weighted by atomic mass is 32.2. The normalized spacial score (nSPS) is 17.6. The summed E-state index contributed by atoms with van der Waals surface area (Å²) < 4.78 is 100. The lowest BCUT2D eigenvalue weighted by atomic mass is 9.85. The number of hydrogen-bond acceptors (Lipinski definition) is 20. The van der Waals surface area contributed by atoms with Gasteiger partial charge in [0.1, 0.15) is 51.6 Å². The predicted octanol–water partition coefficient (Wildman–Crippen LogP) is 16.8. The molecule has 9 N–H and O–H groups in total. The fourth-order valence-corrected chi connectivity index (χ4v) is 13.1. The van der Waals surface area contributed by atoms with Crippen LogP contribution in [0.5, 0.6) is 0 Å². The van der Waals surface area contributed by atoms with E-state index in [1.807, 2.05) is 34.6 Å². The molecule has 0 saturated carbocycles. The Hall–Kier alpha value is -8.50. The molecule has 570 valence electrons. The van der Waals surface area contributed by atoms with Gasteiger partial charge in [-0.15, -0.1) is 0 Å². The van der Waals surface area contributed by atoms with Crippen molar-refractivity contribution in [1.29, 1.82) is 0 Å². The van der Waals surface area contributed by atoms with E-state index < -0.39 is 96.6 Å². The van der Waals surface area contributed by atoms with E-state index in [1.165, 1.54) is 55.1 Å². The largest absolute Gasteiger partial charge is 0.399 e. The van der Waals surface area contributed by atoms with E-state index in [2.05, 4.69) is 19.1 Å². The number of hydrogen-bond donors (Lipinski definition) is 5. The lowest BCUT2D eigenvalue weighted by molar-refractivity contribution is -0.385. The Kier molecular flexibility index (Phi) is 33.0. The average molecular weight is 1530 g/mol. The standard InChI is InChI=1S/C17H25FN2O4S.C14H16FN3O2S.C14H18FN3S.C13H17FN2O3.C12H15FN2O3S.CH4/c1-11(2)15(21)10-17(6,19-25(24)16(3,4)5)13-9-12(20(22)23)7-8-14(13)18;1-8(2)12-7-14(3,17-13(16)21-12)10-6-9(18(19)20)4-5-11(10)15;1-8(2)12-7-14(3,18-13(17)19-12)10-6-9(16)4-5-11(10)15;1-8(2)12(17)7-13(3,15)10-6-9(16(18)19)4-5-11(10)14;1-8(14-19(18)12(2,3)4)10-7-9(15(16)17)5-6-11(10)13;/h7-9,11,19H,10H2,1-6H3;4-6H,7H2,1-3H3,(H2,16,17);4-6H,7,16H2,1-3H3,(H2,17,18);4-6,8H,7,15H2,1-3H3;5-7H,1-4H3;1H4/t17-,25+;2*14-;13-;19-;/m00001./s1. The Labute approximate surface area is 617 Å². The SMILES string of the molecule is C.CC(=N[S@](=O)C(C)(C)C)c1cc([N+](=O)[O-])ccc1F.CC(C)=C1C[C@@](C)(c2cc(N)ccc2F)N=C(N)S1.CC(C)=C1C[C@@](C)(c2cc([N+](=O)[O-])ccc2F)N=C(N)S1.CC(C)C(=O)C[C@](C)(N)c1cc([N+](=O)[O-])ccc1F.CC(C)C(=O)C[C@](C)(N[S@](=O)C(C)(C)C)c1cc([N+](=O)[O-])ccc1F. The van der Waals surface area contributed by atoms with E-state index in [0.717, 1.165) is 82.1 Å². The molecule has 6 atom stereocenters. The van der Waals surface area contributed by atoms with Crippen molar-refractivity contribution in [2.45, 2.75) is 196 Å². The third-order valence-corrected chi connectivity index (χ3v) is 21.1. The molecule has 33 heteroatoms. The number of nitrogens with zero attached hydrogens (tertiary/aromatic N) is 7. The van der Waals surface area contributed by atoms with Gasteiger partial charge in [0.15, 0.2) is 10.3 Å². The predicted molar refractivity (Wildman–Crippen MR) is 408 cm³/mol. The molecule has 5 aromatic carbocycles. The summed E-state index contributed by atoms with van der Waals surface area (Å²) in [4.78, 5) is 75.8. The first-order valence-corrected chi connectivity index (χ1v) is 35.7. The van der Waals surface area contributed by atoms with Crippen LogP contribution in [0.25, 0.3) is 0 Å². The molecule has 5 aromatic rings. The van der Waals surface area contributed by atoms with Crippen LogP contribution < -0.4 is 27.7 Å². The molecule has 0 amide bonds. The van der Waals surface area contributed by atoms with Gasteiger partial charge in [0.25, 0.3) is 22.7 Å². The molecule has 0 fully saturated rings. The van der Waals surface area contributed by atoms with Gasteiger partial charge in [0.2, 0.25) is 0 Å². The Morgan fingerprint density at radius 3 is 1.31 bits per heavy atom. The molecule has 0 spiro atoms. The van der Waals surface area contributed by atoms with Crippen molar-refractivity contribution in [3.05, 3.63) is 209 Å². The Morgan fingerprint density at radius 2 is 0.913 bits per heavy atom. The van der Waals surface area contributed by atoms with Gasteiger partial charge in [-0.1, -0.05) is 69.8 Å². The van der Waals surface area contributed by atoms with Crippen LogP contribution in [0.2, 0.25) is 0 Å². The van der Waals surface area contributed by atoms with Crippen LogP contribution >= 0.6 is 23.5 Å². The van der Waals surface area contributed by atoms with E-state index in [0.29, 0.717) is 34.4 Å². The minimum atomic E-state index is -1.60. The maximum atomic E-state index is 14.5. The number of aliphatic imine (C=N–C) groups is 2. The van der Waals surface area contributed by atoms with Crippen molar-refractivity contribution in [3.63, 3.8) is 0 Å². The van der Waals surface area contributed by atoms with Crippen LogP contribution in [0.15, 0.2) is 126 Å². The van der Waals surface area contributed by atoms with Crippen molar-refractivity contribution in [3.8, 4) is 0 Å². The van der Waals surface area contributed by atoms with Crippen LogP contribution in [-0.4, -0.2) is 65.2 Å². The second-order valence-corrected chi connectivity index (χ2v) is 34.2. The first-order chi connectivity index (χ1) is 47.1. The number of rotatable bonds is 18. The quantitative estimate of drug-likeness (QED) is 0.0179. The lowest BCUT2D eigenvalue weighted by Crippen LogP contribution is -2.48. The fraction of sp³-hybridized carbons (Fsp3) is 0.451. The maximum absolute atomic E-state index is 14.5. The van der Waals surface area contributed by atoms with Crippen LogP contribution in [0, 0.1) is 81.4 Å². The Bertz CT molecular complexity index is 4260. The van der Waals surface area contributed by atoms with Gasteiger partial charge in [-0.25, -0.2) is 35.1 Å². The molecule has 2 aliphatic heterocycles. The highest BCUT2D eigenvalue weighted by Gasteiger charge is 2.40. The van der Waals surface area contributed by atoms with Crippen molar-refractivity contribution < 1.29 is 59.7 Å². The number of anilines is 1. The fourth-order valence-electron chi connectivity index (χ4n) is 9.51. The van der Waals surface area contributed by atoms with E-state index in [9.17, 15) is 80.4 Å². The number of nitrogens with two attached hydrogens (primary N) is 4. The van der Waals surface area contributed by atoms with Gasteiger partial charge in [0.05, 0.1) is 62.5 Å². The number of nitro benzene ring substituents is 4. The lowest BCUT2D eigenvalue weighted by Gasteiger charge is -2.34. The van der Waals surface area contributed by atoms with E-state index in [1.54, 1.807) is 95.2 Å². The van der Waals surface area contributed by atoms with E-state index in [4.69, 9.17) is 22.9 Å². The van der Waals surface area contributed by atoms with Gasteiger partial charge >= 0.3 is 0 Å². The number of nitro groups is 4. The zero-order valence-electron chi connectivity index (χ0n) is 61.0. The Morgan fingerprint density at radius 1 is 0.558 bits per heavy atom. The van der Waals surface area contributed by atoms with Crippen molar-refractivity contribution in [2.24, 2.45) is 43.4 Å². The summed E-state index contributed by atoms with van der Waals surface area (Å²) in [6.45, 7) is 33.4. The van der Waals surface area contributed by atoms with Crippen LogP contribution in [-0.2, 0) is 53.7 Å². The first-order valence-electron chi connectivity index (χ1n) is 31.8. The summed E-state index contributed by atoms with van der Waals surface area (Å²) in [5.74, 6) is -3.57. The molecular weight excluding hydrogens is 1440 g/mol. The summed E-state index contributed by atoms with van der Waals surface area (Å²) in [6.07, 6.45) is 0.910. The zero-order valence-corrected chi connectivity index (χ0v) is 64.3. The van der Waals surface area contributed by atoms with Gasteiger partial charge < -0.3 is 22.9 Å². The number of carbonyl (C=O) groups is 2. The molecule has 7 rings (SSSR count). The second kappa shape index (κ2) is 37.5. The summed E-state index contributed by atoms with van der Waals surface area (Å²) in [5.41, 5.74) is 21.9. The number of amidine groups is 2. The number of nitrogens with one attached hydrogen (secondary N) is 1. The number of allylic oxidation sites excluding steroid dienone is 2. The van der Waals surface area contributed by atoms with Gasteiger partial charge in [0, 0.05) is 125 Å². The summed E-state index contributed by atoms with van der Waals surface area (Å²) in [6, 6.07) is 17.5. The van der Waals surface area contributed by atoms with Crippen molar-refractivity contribution in [2.75, 3.05) is 5.73 Å². The minimum Gasteiger partial charge on any atom is -0.399 e. The molecule has 0 saturated heterocycles. The smallest absolute Gasteiger partial charge is 0.270 e. The van der Waals surface area contributed by atoms with Crippen molar-refractivity contribution in [1.82, 2.24) is 4.72 Å². The molecular formula is C71H95F5N12O12S4. The number of halogens is 5.